The fourth-order valence-electron chi connectivity index (χ4n) is 2.53. The van der Waals surface area contributed by atoms with Gasteiger partial charge in [0.25, 0.3) is 0 Å². The van der Waals surface area contributed by atoms with Crippen molar-refractivity contribution in [2.75, 3.05) is 7.11 Å². The second-order valence-electron chi connectivity index (χ2n) is 5.57. The molecule has 124 valence electrons. The lowest BCUT2D eigenvalue weighted by Crippen LogP contribution is -2.02. The summed E-state index contributed by atoms with van der Waals surface area (Å²) in [6.07, 6.45) is 1.87. The highest BCUT2D eigenvalue weighted by molar-refractivity contribution is 6.32. The molecule has 3 heteroatoms. The van der Waals surface area contributed by atoms with Crippen LogP contribution in [-0.4, -0.2) is 18.0 Å². The molecule has 0 fully saturated rings. The first kappa shape index (κ1) is 16.5. The molecule has 0 amide bonds. The van der Waals surface area contributed by atoms with Crippen LogP contribution in [0.4, 0.5) is 0 Å². The minimum Gasteiger partial charge on any atom is -0.508 e. The molecule has 0 saturated carbocycles. The van der Waals surface area contributed by atoms with Gasteiger partial charge in [-0.3, -0.25) is 4.79 Å². The van der Waals surface area contributed by atoms with E-state index in [1.54, 1.807) is 19.2 Å². The Bertz CT molecular complexity index is 877. The maximum Gasteiger partial charge on any atom is 0.193 e. The summed E-state index contributed by atoms with van der Waals surface area (Å²) in [4.78, 5) is 13.0. The van der Waals surface area contributed by atoms with E-state index in [4.69, 9.17) is 4.74 Å². The maximum atomic E-state index is 13.0. The van der Waals surface area contributed by atoms with Crippen LogP contribution >= 0.6 is 0 Å². The minimum absolute atomic E-state index is 0.0954. The van der Waals surface area contributed by atoms with Crippen LogP contribution in [0.3, 0.4) is 0 Å². The Morgan fingerprint density at radius 2 is 1.48 bits per heavy atom. The van der Waals surface area contributed by atoms with E-state index in [1.807, 2.05) is 60.7 Å². The number of hydrogen-bond acceptors (Lipinski definition) is 3. The van der Waals surface area contributed by atoms with Gasteiger partial charge >= 0.3 is 0 Å². The topological polar surface area (TPSA) is 46.5 Å². The second-order valence-corrected chi connectivity index (χ2v) is 5.57. The predicted octanol–water partition coefficient (Wildman–Crippen LogP) is 4.82. The van der Waals surface area contributed by atoms with Crippen molar-refractivity contribution < 1.29 is 14.6 Å². The Morgan fingerprint density at radius 1 is 0.840 bits per heavy atom. The number of phenolic OH excluding ortho intramolecular Hbond substituents is 1. The molecule has 3 rings (SSSR count). The molecule has 0 atom stereocenters. The van der Waals surface area contributed by atoms with E-state index in [1.165, 1.54) is 12.1 Å². The molecular formula is C22H18O3. The van der Waals surface area contributed by atoms with Crippen molar-refractivity contribution in [3.63, 3.8) is 0 Å². The molecule has 0 saturated heterocycles. The molecule has 0 aromatic heterocycles. The average Bonchev–Trinajstić information content (AvgIpc) is 2.67. The minimum atomic E-state index is -0.0954. The van der Waals surface area contributed by atoms with Crippen LogP contribution in [0.2, 0.25) is 0 Å². The summed E-state index contributed by atoms with van der Waals surface area (Å²) in [5, 5.41) is 9.44. The molecule has 3 aromatic rings. The van der Waals surface area contributed by atoms with Crippen LogP contribution in [0.25, 0.3) is 11.6 Å². The smallest absolute Gasteiger partial charge is 0.193 e. The SMILES string of the molecule is COc1ccc(/C=C(/C(=O)c2ccc(O)cc2)c2ccccc2)cc1. The number of carbonyl (C=O) groups excluding carboxylic acids is 1. The third kappa shape index (κ3) is 3.96. The summed E-state index contributed by atoms with van der Waals surface area (Å²) in [6.45, 7) is 0. The van der Waals surface area contributed by atoms with E-state index >= 15 is 0 Å². The van der Waals surface area contributed by atoms with Crippen LogP contribution in [0.5, 0.6) is 11.5 Å². The third-order valence-electron chi connectivity index (χ3n) is 3.89. The zero-order valence-electron chi connectivity index (χ0n) is 13.8. The number of carbonyl (C=O) groups is 1. The molecule has 3 aromatic carbocycles. The Morgan fingerprint density at radius 3 is 2.08 bits per heavy atom. The van der Waals surface area contributed by atoms with Crippen molar-refractivity contribution in [2.24, 2.45) is 0 Å². The number of benzene rings is 3. The van der Waals surface area contributed by atoms with E-state index in [0.29, 0.717) is 11.1 Å². The van der Waals surface area contributed by atoms with E-state index in [2.05, 4.69) is 0 Å². The largest absolute Gasteiger partial charge is 0.508 e. The Balaban J connectivity index is 2.04. The van der Waals surface area contributed by atoms with Crippen molar-refractivity contribution in [2.45, 2.75) is 0 Å². The van der Waals surface area contributed by atoms with E-state index < -0.39 is 0 Å². The Labute approximate surface area is 146 Å². The summed E-state index contributed by atoms with van der Waals surface area (Å²) in [5.41, 5.74) is 2.88. The highest BCUT2D eigenvalue weighted by Crippen LogP contribution is 2.24. The van der Waals surface area contributed by atoms with Gasteiger partial charge < -0.3 is 9.84 Å². The molecule has 0 bridgehead atoms. The van der Waals surface area contributed by atoms with E-state index in [0.717, 1.165) is 16.9 Å². The van der Waals surface area contributed by atoms with Gasteiger partial charge in [-0.25, -0.2) is 0 Å². The number of aromatic hydroxyl groups is 1. The number of ketones is 1. The molecular weight excluding hydrogens is 312 g/mol. The summed E-state index contributed by atoms with van der Waals surface area (Å²) in [5.74, 6) is 0.808. The molecule has 0 aliphatic carbocycles. The fourth-order valence-corrected chi connectivity index (χ4v) is 2.53. The molecule has 3 nitrogen and oxygen atoms in total. The summed E-state index contributed by atoms with van der Waals surface area (Å²) >= 11 is 0. The molecule has 0 unspecified atom stereocenters. The highest BCUT2D eigenvalue weighted by Gasteiger charge is 2.14. The summed E-state index contributed by atoms with van der Waals surface area (Å²) in [6, 6.07) is 23.4. The van der Waals surface area contributed by atoms with Crippen LogP contribution in [0.1, 0.15) is 21.5 Å². The van der Waals surface area contributed by atoms with E-state index in [-0.39, 0.29) is 11.5 Å². The molecule has 0 heterocycles. The van der Waals surface area contributed by atoms with Gasteiger partial charge in [0.2, 0.25) is 0 Å². The fraction of sp³-hybridized carbons (Fsp3) is 0.0455. The van der Waals surface area contributed by atoms with E-state index in [9.17, 15) is 9.90 Å². The molecule has 0 aliphatic heterocycles. The molecule has 0 spiro atoms. The van der Waals surface area contributed by atoms with Gasteiger partial charge in [0.05, 0.1) is 7.11 Å². The number of methoxy groups -OCH3 is 1. The van der Waals surface area contributed by atoms with Gasteiger partial charge in [-0.2, -0.15) is 0 Å². The first-order valence-electron chi connectivity index (χ1n) is 7.92. The van der Waals surface area contributed by atoms with Gasteiger partial charge in [-0.1, -0.05) is 42.5 Å². The van der Waals surface area contributed by atoms with Gasteiger partial charge in [-0.15, -0.1) is 0 Å². The van der Waals surface area contributed by atoms with Crippen molar-refractivity contribution >= 4 is 17.4 Å². The normalized spacial score (nSPS) is 11.2. The number of phenols is 1. The van der Waals surface area contributed by atoms with Gasteiger partial charge in [0.1, 0.15) is 11.5 Å². The van der Waals surface area contributed by atoms with Crippen LogP contribution in [0, 0.1) is 0 Å². The van der Waals surface area contributed by atoms with Crippen LogP contribution in [0.15, 0.2) is 78.9 Å². The summed E-state index contributed by atoms with van der Waals surface area (Å²) in [7, 11) is 1.62. The lowest BCUT2D eigenvalue weighted by Gasteiger charge is -2.08. The monoisotopic (exact) mass is 330 g/mol. The maximum absolute atomic E-state index is 13.0. The lowest BCUT2D eigenvalue weighted by atomic mass is 9.94. The van der Waals surface area contributed by atoms with Crippen molar-refractivity contribution in [3.05, 3.63) is 95.6 Å². The first-order chi connectivity index (χ1) is 12.2. The van der Waals surface area contributed by atoms with Crippen LogP contribution in [-0.2, 0) is 0 Å². The van der Waals surface area contributed by atoms with Crippen molar-refractivity contribution in [1.29, 1.82) is 0 Å². The zero-order chi connectivity index (χ0) is 17.6. The zero-order valence-corrected chi connectivity index (χ0v) is 13.8. The lowest BCUT2D eigenvalue weighted by molar-refractivity contribution is 0.105. The second kappa shape index (κ2) is 7.49. The van der Waals surface area contributed by atoms with Crippen molar-refractivity contribution in [1.82, 2.24) is 0 Å². The average molecular weight is 330 g/mol. The molecule has 0 aliphatic rings. The van der Waals surface area contributed by atoms with Gasteiger partial charge in [0, 0.05) is 11.1 Å². The Kier molecular flexibility index (Phi) is 4.95. The molecule has 25 heavy (non-hydrogen) atoms. The molecule has 1 N–H and O–H groups in total. The quantitative estimate of drug-likeness (QED) is 0.414. The third-order valence-corrected chi connectivity index (χ3v) is 3.89. The predicted molar refractivity (Wildman–Crippen MR) is 99.7 cm³/mol. The number of ether oxygens (including phenoxy) is 1. The van der Waals surface area contributed by atoms with Gasteiger partial charge in [-0.05, 0) is 53.6 Å². The number of Topliss-reactive ketones (excluding diaryl/α,β-unsaturated/α-hetero) is 1. The molecule has 0 radical (unpaired) electrons. The van der Waals surface area contributed by atoms with Gasteiger partial charge in [0.15, 0.2) is 5.78 Å². The first-order valence-corrected chi connectivity index (χ1v) is 7.92. The Hall–Kier alpha value is -3.33. The number of hydrogen-bond donors (Lipinski definition) is 1. The van der Waals surface area contributed by atoms with Crippen molar-refractivity contribution in [3.8, 4) is 11.5 Å². The highest BCUT2D eigenvalue weighted by atomic mass is 16.5. The standard InChI is InChI=1S/C22H18O3/c1-25-20-13-7-16(8-14-20)15-21(17-5-3-2-4-6-17)22(24)18-9-11-19(23)12-10-18/h2-15,23H,1H3/b21-15+. The number of allylic oxidation sites excluding steroid dienone is 1. The van der Waals surface area contributed by atoms with Crippen LogP contribution < -0.4 is 4.74 Å². The number of rotatable bonds is 5. The summed E-state index contributed by atoms with van der Waals surface area (Å²) < 4.78 is 5.18.